The number of carbonyl (C=O) groups is 2. The molecule has 1 amide bonds. The normalized spacial score (nSPS) is 10.7. The molecule has 2 heterocycles. The topological polar surface area (TPSA) is 77.8 Å². The Morgan fingerprint density at radius 2 is 2.12 bits per heavy atom. The number of benzene rings is 1. The van der Waals surface area contributed by atoms with E-state index in [1.54, 1.807) is 43.6 Å². The van der Waals surface area contributed by atoms with Crippen molar-refractivity contribution in [2.45, 2.75) is 13.3 Å². The minimum absolute atomic E-state index is 0.0969. The molecule has 1 N–H and O–H groups in total. The Labute approximate surface area is 154 Å². The van der Waals surface area contributed by atoms with Crippen LogP contribution in [-0.4, -0.2) is 32.1 Å². The maximum absolute atomic E-state index is 12.2. The van der Waals surface area contributed by atoms with Crippen LogP contribution in [0.3, 0.4) is 0 Å². The molecule has 136 valence electrons. The van der Waals surface area contributed by atoms with Gasteiger partial charge in [-0.15, -0.1) is 11.3 Å². The fourth-order valence-corrected chi connectivity index (χ4v) is 3.26. The van der Waals surface area contributed by atoms with Crippen LogP contribution in [0.1, 0.15) is 21.0 Å². The average molecular weight is 373 g/mol. The van der Waals surface area contributed by atoms with Gasteiger partial charge in [-0.2, -0.15) is 0 Å². The van der Waals surface area contributed by atoms with Crippen LogP contribution >= 0.6 is 11.3 Å². The summed E-state index contributed by atoms with van der Waals surface area (Å²) < 4.78 is 15.8. The Kier molecular flexibility index (Phi) is 5.58. The number of furan rings is 1. The SMILES string of the molecule is COc1ccc2oc(C(=O)OCC(=O)NCCc3cccs3)c(C)c2c1. The largest absolute Gasteiger partial charge is 0.497 e. The van der Waals surface area contributed by atoms with Gasteiger partial charge in [0.25, 0.3) is 5.91 Å². The molecule has 0 aliphatic rings. The molecule has 0 saturated carbocycles. The third kappa shape index (κ3) is 4.05. The highest BCUT2D eigenvalue weighted by atomic mass is 32.1. The van der Waals surface area contributed by atoms with Crippen LogP contribution in [0.4, 0.5) is 0 Å². The first kappa shape index (κ1) is 18.0. The second kappa shape index (κ2) is 8.05. The van der Waals surface area contributed by atoms with Crippen molar-refractivity contribution in [3.63, 3.8) is 0 Å². The van der Waals surface area contributed by atoms with E-state index in [1.165, 1.54) is 4.88 Å². The van der Waals surface area contributed by atoms with Crippen LogP contribution in [0.25, 0.3) is 11.0 Å². The Bertz CT molecular complexity index is 914. The molecule has 3 aromatic rings. The predicted molar refractivity (Wildman–Crippen MR) is 98.8 cm³/mol. The molecule has 3 rings (SSSR count). The highest BCUT2D eigenvalue weighted by Gasteiger charge is 2.20. The molecular formula is C19H19NO5S. The zero-order valence-corrected chi connectivity index (χ0v) is 15.4. The van der Waals surface area contributed by atoms with Gasteiger partial charge in [-0.3, -0.25) is 4.79 Å². The number of fused-ring (bicyclic) bond motifs is 1. The first-order valence-electron chi connectivity index (χ1n) is 8.12. The molecule has 0 radical (unpaired) electrons. The van der Waals surface area contributed by atoms with Gasteiger partial charge in [0.15, 0.2) is 6.61 Å². The number of hydrogen-bond donors (Lipinski definition) is 1. The lowest BCUT2D eigenvalue weighted by molar-refractivity contribution is -0.124. The molecule has 0 atom stereocenters. The molecule has 0 spiro atoms. The summed E-state index contributed by atoms with van der Waals surface area (Å²) in [6.07, 6.45) is 0.752. The fraction of sp³-hybridized carbons (Fsp3) is 0.263. The van der Waals surface area contributed by atoms with Gasteiger partial charge >= 0.3 is 5.97 Å². The Balaban J connectivity index is 1.55. The maximum Gasteiger partial charge on any atom is 0.375 e. The zero-order chi connectivity index (χ0) is 18.5. The van der Waals surface area contributed by atoms with Gasteiger partial charge in [-0.1, -0.05) is 6.07 Å². The fourth-order valence-electron chi connectivity index (χ4n) is 2.55. The summed E-state index contributed by atoms with van der Waals surface area (Å²) in [6.45, 7) is 1.92. The Morgan fingerprint density at radius 3 is 2.85 bits per heavy atom. The summed E-state index contributed by atoms with van der Waals surface area (Å²) in [4.78, 5) is 25.2. The number of thiophene rings is 1. The van der Waals surface area contributed by atoms with E-state index in [0.717, 1.165) is 11.8 Å². The van der Waals surface area contributed by atoms with Crippen LogP contribution < -0.4 is 10.1 Å². The van der Waals surface area contributed by atoms with E-state index in [2.05, 4.69) is 5.32 Å². The maximum atomic E-state index is 12.2. The van der Waals surface area contributed by atoms with E-state index in [-0.39, 0.29) is 18.3 Å². The molecular weight excluding hydrogens is 354 g/mol. The number of aryl methyl sites for hydroxylation is 1. The predicted octanol–water partition coefficient (Wildman–Crippen LogP) is 3.33. The zero-order valence-electron chi connectivity index (χ0n) is 14.5. The monoisotopic (exact) mass is 373 g/mol. The first-order chi connectivity index (χ1) is 12.6. The number of rotatable bonds is 7. The summed E-state index contributed by atoms with van der Waals surface area (Å²) in [6, 6.07) is 9.25. The van der Waals surface area contributed by atoms with Crippen LogP contribution in [-0.2, 0) is 16.0 Å². The smallest absolute Gasteiger partial charge is 0.375 e. The molecule has 6 nitrogen and oxygen atoms in total. The van der Waals surface area contributed by atoms with Crippen molar-refractivity contribution < 1.29 is 23.5 Å². The highest BCUT2D eigenvalue weighted by molar-refractivity contribution is 7.09. The second-order valence-corrected chi connectivity index (χ2v) is 6.71. The lowest BCUT2D eigenvalue weighted by Crippen LogP contribution is -2.30. The molecule has 1 aromatic carbocycles. The van der Waals surface area contributed by atoms with Gasteiger partial charge in [0.1, 0.15) is 11.3 Å². The van der Waals surface area contributed by atoms with Gasteiger partial charge in [-0.05, 0) is 43.0 Å². The van der Waals surface area contributed by atoms with Crippen molar-refractivity contribution in [3.05, 3.63) is 51.9 Å². The van der Waals surface area contributed by atoms with Gasteiger partial charge in [0.05, 0.1) is 7.11 Å². The molecule has 7 heteroatoms. The van der Waals surface area contributed by atoms with Crippen LogP contribution in [0.15, 0.2) is 40.1 Å². The van der Waals surface area contributed by atoms with E-state index in [4.69, 9.17) is 13.9 Å². The molecule has 0 aliphatic heterocycles. The first-order valence-corrected chi connectivity index (χ1v) is 9.00. The quantitative estimate of drug-likeness (QED) is 0.643. The number of methoxy groups -OCH3 is 1. The van der Waals surface area contributed by atoms with E-state index < -0.39 is 5.97 Å². The Morgan fingerprint density at radius 1 is 1.27 bits per heavy atom. The summed E-state index contributed by atoms with van der Waals surface area (Å²) >= 11 is 1.64. The lowest BCUT2D eigenvalue weighted by atomic mass is 10.1. The molecule has 26 heavy (non-hydrogen) atoms. The second-order valence-electron chi connectivity index (χ2n) is 5.67. The Hall–Kier alpha value is -2.80. The van der Waals surface area contributed by atoms with E-state index in [1.807, 2.05) is 17.5 Å². The molecule has 0 saturated heterocycles. The standard InChI is InChI=1S/C19H19NO5S/c1-12-15-10-13(23-2)5-6-16(15)25-18(12)19(22)24-11-17(21)20-8-7-14-4-3-9-26-14/h3-6,9-10H,7-8,11H2,1-2H3,(H,20,21). The molecule has 0 unspecified atom stereocenters. The summed E-state index contributed by atoms with van der Waals surface area (Å²) in [5.74, 6) is -0.234. The van der Waals surface area contributed by atoms with Crippen LogP contribution in [0.5, 0.6) is 5.75 Å². The summed E-state index contributed by atoms with van der Waals surface area (Å²) in [7, 11) is 1.57. The van der Waals surface area contributed by atoms with Crippen LogP contribution in [0, 0.1) is 6.92 Å². The third-order valence-corrected chi connectivity index (χ3v) is 4.87. The highest BCUT2D eigenvalue weighted by Crippen LogP contribution is 2.29. The number of carbonyl (C=O) groups excluding carboxylic acids is 2. The van der Waals surface area contributed by atoms with Crippen molar-refractivity contribution >= 4 is 34.2 Å². The van der Waals surface area contributed by atoms with Gasteiger partial charge in [-0.25, -0.2) is 4.79 Å². The van der Waals surface area contributed by atoms with Crippen molar-refractivity contribution in [2.24, 2.45) is 0 Å². The van der Waals surface area contributed by atoms with E-state index in [0.29, 0.717) is 23.4 Å². The van der Waals surface area contributed by atoms with E-state index >= 15 is 0 Å². The van der Waals surface area contributed by atoms with Crippen molar-refractivity contribution in [1.82, 2.24) is 5.32 Å². The number of esters is 1. The van der Waals surface area contributed by atoms with Crippen molar-refractivity contribution in [1.29, 1.82) is 0 Å². The third-order valence-electron chi connectivity index (χ3n) is 3.94. The number of amides is 1. The van der Waals surface area contributed by atoms with Crippen molar-refractivity contribution in [2.75, 3.05) is 20.3 Å². The van der Waals surface area contributed by atoms with Crippen LogP contribution in [0.2, 0.25) is 0 Å². The van der Waals surface area contributed by atoms with Gasteiger partial charge in [0, 0.05) is 22.4 Å². The summed E-state index contributed by atoms with van der Waals surface area (Å²) in [5.41, 5.74) is 1.22. The van der Waals surface area contributed by atoms with Crippen molar-refractivity contribution in [3.8, 4) is 5.75 Å². The average Bonchev–Trinajstić information content (AvgIpc) is 3.27. The summed E-state index contributed by atoms with van der Waals surface area (Å²) in [5, 5.41) is 5.49. The molecule has 0 fully saturated rings. The van der Waals surface area contributed by atoms with Gasteiger partial charge in [0.2, 0.25) is 5.76 Å². The van der Waals surface area contributed by atoms with Gasteiger partial charge < -0.3 is 19.2 Å². The molecule has 0 aliphatic carbocycles. The number of nitrogens with one attached hydrogen (secondary N) is 1. The lowest BCUT2D eigenvalue weighted by Gasteiger charge is -2.05. The van der Waals surface area contributed by atoms with E-state index in [9.17, 15) is 9.59 Å². The number of hydrogen-bond acceptors (Lipinski definition) is 6. The number of ether oxygens (including phenoxy) is 2. The minimum Gasteiger partial charge on any atom is -0.497 e. The minimum atomic E-state index is -0.661. The molecule has 2 aromatic heterocycles. The molecule has 0 bridgehead atoms.